The highest BCUT2D eigenvalue weighted by atomic mass is 35.5. The fraction of sp³-hybridized carbons (Fsp3) is 0.526. The van der Waals surface area contributed by atoms with Crippen LogP contribution in [0.4, 0.5) is 4.79 Å². The number of benzene rings is 1. The van der Waals surface area contributed by atoms with E-state index >= 15 is 0 Å². The van der Waals surface area contributed by atoms with Crippen molar-refractivity contribution >= 4 is 41.9 Å². The van der Waals surface area contributed by atoms with E-state index in [1.54, 1.807) is 11.0 Å². The van der Waals surface area contributed by atoms with Gasteiger partial charge in [-0.3, -0.25) is 14.5 Å². The molecule has 2 aliphatic heterocycles. The van der Waals surface area contributed by atoms with E-state index in [1.807, 2.05) is 18.2 Å². The number of nitrogens with zero attached hydrogens (tertiary/aromatic N) is 2. The molecule has 4 rings (SSSR count). The number of hydrogen-bond donors (Lipinski definition) is 2. The Morgan fingerprint density at radius 1 is 1.25 bits per heavy atom. The quantitative estimate of drug-likeness (QED) is 0.724. The first kappa shape index (κ1) is 20.9. The SMILES string of the molecule is Cl.O=C1NC2(CCCC2)C(=O)N1CC(=O)N1CCNCC1c1cccc(Cl)c1. The monoisotopic (exact) mass is 426 g/mol. The molecule has 1 spiro atoms. The zero-order valence-corrected chi connectivity index (χ0v) is 17.0. The van der Waals surface area contributed by atoms with Gasteiger partial charge in [-0.2, -0.15) is 0 Å². The molecule has 28 heavy (non-hydrogen) atoms. The molecule has 152 valence electrons. The predicted octanol–water partition coefficient (Wildman–Crippen LogP) is 2.10. The molecular formula is C19H24Cl2N4O3. The summed E-state index contributed by atoms with van der Waals surface area (Å²) in [6.07, 6.45) is 3.15. The zero-order chi connectivity index (χ0) is 19.0. The van der Waals surface area contributed by atoms with E-state index in [1.165, 1.54) is 0 Å². The first-order chi connectivity index (χ1) is 13.0. The molecule has 3 aliphatic rings. The van der Waals surface area contributed by atoms with Crippen LogP contribution in [-0.2, 0) is 9.59 Å². The van der Waals surface area contributed by atoms with Gasteiger partial charge in [-0.05, 0) is 30.5 Å². The van der Waals surface area contributed by atoms with Gasteiger partial charge >= 0.3 is 6.03 Å². The molecule has 3 fully saturated rings. The van der Waals surface area contributed by atoms with E-state index in [2.05, 4.69) is 10.6 Å². The Bertz CT molecular complexity index is 782. The predicted molar refractivity (Wildman–Crippen MR) is 107 cm³/mol. The van der Waals surface area contributed by atoms with Crippen LogP contribution >= 0.6 is 24.0 Å². The summed E-state index contributed by atoms with van der Waals surface area (Å²) in [7, 11) is 0. The van der Waals surface area contributed by atoms with Gasteiger partial charge in [-0.15, -0.1) is 12.4 Å². The summed E-state index contributed by atoms with van der Waals surface area (Å²) in [6, 6.07) is 6.81. The summed E-state index contributed by atoms with van der Waals surface area (Å²) in [5.74, 6) is -0.479. The van der Waals surface area contributed by atoms with Gasteiger partial charge in [-0.1, -0.05) is 36.6 Å². The summed E-state index contributed by atoms with van der Waals surface area (Å²) >= 11 is 6.11. The fourth-order valence-electron chi connectivity index (χ4n) is 4.38. The van der Waals surface area contributed by atoms with Crippen LogP contribution < -0.4 is 10.6 Å². The van der Waals surface area contributed by atoms with E-state index in [0.717, 1.165) is 23.3 Å². The third-order valence-electron chi connectivity index (χ3n) is 5.79. The van der Waals surface area contributed by atoms with Crippen molar-refractivity contribution in [1.82, 2.24) is 20.4 Å². The van der Waals surface area contributed by atoms with Gasteiger partial charge in [0.1, 0.15) is 12.1 Å². The molecule has 0 aromatic heterocycles. The van der Waals surface area contributed by atoms with E-state index in [-0.39, 0.29) is 36.8 Å². The normalized spacial score (nSPS) is 23.7. The van der Waals surface area contributed by atoms with Gasteiger partial charge in [0, 0.05) is 24.7 Å². The molecule has 0 bridgehead atoms. The van der Waals surface area contributed by atoms with Crippen molar-refractivity contribution in [2.45, 2.75) is 37.3 Å². The number of halogens is 2. The molecule has 1 aliphatic carbocycles. The highest BCUT2D eigenvalue weighted by Crippen LogP contribution is 2.35. The Kier molecular flexibility index (Phi) is 6.17. The second-order valence-corrected chi connectivity index (χ2v) is 7.91. The number of rotatable bonds is 3. The van der Waals surface area contributed by atoms with Crippen molar-refractivity contribution in [3.05, 3.63) is 34.9 Å². The molecule has 1 aromatic carbocycles. The Hall–Kier alpha value is -1.83. The minimum atomic E-state index is -0.785. The van der Waals surface area contributed by atoms with Crippen molar-refractivity contribution in [3.8, 4) is 0 Å². The smallest absolute Gasteiger partial charge is 0.325 e. The third kappa shape index (κ3) is 3.71. The first-order valence-electron chi connectivity index (χ1n) is 9.40. The Morgan fingerprint density at radius 3 is 2.71 bits per heavy atom. The minimum Gasteiger partial charge on any atom is -0.332 e. The van der Waals surface area contributed by atoms with Gasteiger partial charge in [0.25, 0.3) is 5.91 Å². The molecule has 7 nitrogen and oxygen atoms in total. The highest BCUT2D eigenvalue weighted by molar-refractivity contribution is 6.30. The maximum absolute atomic E-state index is 13.0. The largest absolute Gasteiger partial charge is 0.332 e. The molecule has 9 heteroatoms. The first-order valence-corrected chi connectivity index (χ1v) is 9.78. The summed E-state index contributed by atoms with van der Waals surface area (Å²) in [4.78, 5) is 41.0. The summed E-state index contributed by atoms with van der Waals surface area (Å²) < 4.78 is 0. The molecule has 1 unspecified atom stereocenters. The zero-order valence-electron chi connectivity index (χ0n) is 15.4. The van der Waals surface area contributed by atoms with Gasteiger partial charge in [0.2, 0.25) is 5.91 Å². The number of carbonyl (C=O) groups is 3. The lowest BCUT2D eigenvalue weighted by molar-refractivity contribution is -0.140. The van der Waals surface area contributed by atoms with Crippen LogP contribution in [0.3, 0.4) is 0 Å². The summed E-state index contributed by atoms with van der Waals surface area (Å²) in [5.41, 5.74) is 0.153. The lowest BCUT2D eigenvalue weighted by Gasteiger charge is -2.37. The Morgan fingerprint density at radius 2 is 2.00 bits per heavy atom. The lowest BCUT2D eigenvalue weighted by atomic mass is 9.98. The van der Waals surface area contributed by atoms with Crippen LogP contribution in [0.2, 0.25) is 5.02 Å². The van der Waals surface area contributed by atoms with Gasteiger partial charge < -0.3 is 15.5 Å². The fourth-order valence-corrected chi connectivity index (χ4v) is 4.58. The van der Waals surface area contributed by atoms with Gasteiger partial charge in [-0.25, -0.2) is 4.79 Å². The standard InChI is InChI=1S/C19H23ClN4O3.ClH/c20-14-5-3-4-13(10-14)15-11-21-8-9-23(15)16(25)12-24-17(26)19(22-18(24)27)6-1-2-7-19;/h3-5,10,15,21H,1-2,6-9,11-12H2,(H,22,27);1H. The maximum Gasteiger partial charge on any atom is 0.325 e. The molecule has 2 saturated heterocycles. The number of piperazine rings is 1. The van der Waals surface area contributed by atoms with Crippen LogP contribution in [-0.4, -0.2) is 59.4 Å². The number of carbonyl (C=O) groups excluding carboxylic acids is 3. The number of urea groups is 1. The second kappa shape index (κ2) is 8.27. The molecule has 2 heterocycles. The number of imide groups is 1. The number of nitrogens with one attached hydrogen (secondary N) is 2. The van der Waals surface area contributed by atoms with E-state index in [4.69, 9.17) is 11.6 Å². The van der Waals surface area contributed by atoms with Crippen molar-refractivity contribution < 1.29 is 14.4 Å². The van der Waals surface area contributed by atoms with E-state index in [9.17, 15) is 14.4 Å². The van der Waals surface area contributed by atoms with Crippen LogP contribution in [0.15, 0.2) is 24.3 Å². The van der Waals surface area contributed by atoms with Gasteiger partial charge in [0.05, 0.1) is 6.04 Å². The summed E-state index contributed by atoms with van der Waals surface area (Å²) in [6.45, 7) is 1.58. The number of amides is 4. The Labute approximate surface area is 175 Å². The average Bonchev–Trinajstić information content (AvgIpc) is 3.22. The lowest BCUT2D eigenvalue weighted by Crippen LogP contribution is -2.52. The van der Waals surface area contributed by atoms with E-state index in [0.29, 0.717) is 37.5 Å². The van der Waals surface area contributed by atoms with Crippen molar-refractivity contribution in [2.75, 3.05) is 26.2 Å². The van der Waals surface area contributed by atoms with Crippen molar-refractivity contribution in [3.63, 3.8) is 0 Å². The molecule has 1 saturated carbocycles. The molecular weight excluding hydrogens is 403 g/mol. The third-order valence-corrected chi connectivity index (χ3v) is 6.03. The average molecular weight is 427 g/mol. The van der Waals surface area contributed by atoms with Crippen LogP contribution in [0.25, 0.3) is 0 Å². The molecule has 1 aromatic rings. The summed E-state index contributed by atoms with van der Waals surface area (Å²) in [5, 5.41) is 6.73. The molecule has 4 amide bonds. The molecule has 0 radical (unpaired) electrons. The highest BCUT2D eigenvalue weighted by Gasteiger charge is 2.53. The van der Waals surface area contributed by atoms with Crippen LogP contribution in [0.5, 0.6) is 0 Å². The minimum absolute atomic E-state index is 0. The van der Waals surface area contributed by atoms with E-state index < -0.39 is 11.6 Å². The maximum atomic E-state index is 13.0. The van der Waals surface area contributed by atoms with Crippen LogP contribution in [0, 0.1) is 0 Å². The van der Waals surface area contributed by atoms with Gasteiger partial charge in [0.15, 0.2) is 0 Å². The van der Waals surface area contributed by atoms with Crippen molar-refractivity contribution in [2.24, 2.45) is 0 Å². The Balaban J connectivity index is 0.00000225. The topological polar surface area (TPSA) is 81.8 Å². The van der Waals surface area contributed by atoms with Crippen LogP contribution in [0.1, 0.15) is 37.3 Å². The number of hydrogen-bond acceptors (Lipinski definition) is 4. The second-order valence-electron chi connectivity index (χ2n) is 7.47. The molecule has 1 atom stereocenters. The molecule has 2 N–H and O–H groups in total. The van der Waals surface area contributed by atoms with Crippen molar-refractivity contribution in [1.29, 1.82) is 0 Å².